The van der Waals surface area contributed by atoms with E-state index in [1.54, 1.807) is 0 Å². The SMILES string of the molecule is CC/C=C\C/C=C\C/C=C\C/C=C\C/C=C\C/C=C\C/C=C\CCCCCCCC(=O)OCC(COC(=O)CCCCCCCCC)OC(=O)CCCCCCCCCCCCCCCCCCCCCC. The van der Waals surface area contributed by atoms with Crippen LogP contribution < -0.4 is 0 Å². The zero-order valence-corrected chi connectivity index (χ0v) is 47.4. The van der Waals surface area contributed by atoms with E-state index in [-0.39, 0.29) is 31.1 Å². The third-order valence-electron chi connectivity index (χ3n) is 13.2. The van der Waals surface area contributed by atoms with Crippen LogP contribution in [-0.4, -0.2) is 37.2 Å². The molecule has 0 radical (unpaired) electrons. The molecule has 0 saturated heterocycles. The van der Waals surface area contributed by atoms with Gasteiger partial charge in [-0.3, -0.25) is 14.4 Å². The molecule has 0 saturated carbocycles. The maximum absolute atomic E-state index is 12.8. The Bertz CT molecular complexity index is 1380. The zero-order chi connectivity index (χ0) is 52.2. The Morgan fingerprint density at radius 3 is 0.847 bits per heavy atom. The fraction of sp³-hybridized carbons (Fsp3) is 0.742. The number of esters is 3. The van der Waals surface area contributed by atoms with Crippen LogP contribution in [0.1, 0.15) is 297 Å². The molecule has 0 N–H and O–H groups in total. The number of carbonyl (C=O) groups is 3. The van der Waals surface area contributed by atoms with Gasteiger partial charge in [-0.25, -0.2) is 0 Å². The molecule has 0 aromatic rings. The van der Waals surface area contributed by atoms with E-state index in [0.29, 0.717) is 19.3 Å². The van der Waals surface area contributed by atoms with Gasteiger partial charge in [-0.1, -0.05) is 286 Å². The van der Waals surface area contributed by atoms with Crippen molar-refractivity contribution >= 4 is 17.9 Å². The maximum Gasteiger partial charge on any atom is 0.306 e. The lowest BCUT2D eigenvalue weighted by molar-refractivity contribution is -0.167. The number of ether oxygens (including phenoxy) is 3. The highest BCUT2D eigenvalue weighted by Crippen LogP contribution is 2.16. The van der Waals surface area contributed by atoms with E-state index in [0.717, 1.165) is 122 Å². The number of unbranched alkanes of at least 4 members (excludes halogenated alkanes) is 30. The van der Waals surface area contributed by atoms with Crippen molar-refractivity contribution in [3.05, 3.63) is 85.1 Å². The van der Waals surface area contributed by atoms with Crippen molar-refractivity contribution in [1.82, 2.24) is 0 Å². The predicted octanol–water partition coefficient (Wildman–Crippen LogP) is 20.7. The fourth-order valence-corrected chi connectivity index (χ4v) is 8.60. The topological polar surface area (TPSA) is 78.9 Å². The largest absolute Gasteiger partial charge is 0.462 e. The molecule has 0 amide bonds. The van der Waals surface area contributed by atoms with Crippen LogP contribution in [0.3, 0.4) is 0 Å². The number of allylic oxidation sites excluding steroid dienone is 14. The molecule has 6 heteroatoms. The molecule has 0 heterocycles. The summed E-state index contributed by atoms with van der Waals surface area (Å²) in [4.78, 5) is 38.0. The summed E-state index contributed by atoms with van der Waals surface area (Å²) in [6.45, 7) is 6.50. The zero-order valence-electron chi connectivity index (χ0n) is 47.4. The van der Waals surface area contributed by atoms with Crippen molar-refractivity contribution in [2.75, 3.05) is 13.2 Å². The predicted molar refractivity (Wildman–Crippen MR) is 311 cm³/mol. The fourth-order valence-electron chi connectivity index (χ4n) is 8.60. The molecule has 0 fully saturated rings. The van der Waals surface area contributed by atoms with Crippen molar-refractivity contribution < 1.29 is 28.6 Å². The summed E-state index contributed by atoms with van der Waals surface area (Å²) < 4.78 is 16.8. The highest BCUT2D eigenvalue weighted by molar-refractivity contribution is 5.71. The van der Waals surface area contributed by atoms with Gasteiger partial charge in [0, 0.05) is 19.3 Å². The van der Waals surface area contributed by atoms with Crippen LogP contribution in [-0.2, 0) is 28.6 Å². The van der Waals surface area contributed by atoms with Gasteiger partial charge in [0.25, 0.3) is 0 Å². The first-order valence-corrected chi connectivity index (χ1v) is 30.6. The summed E-state index contributed by atoms with van der Waals surface area (Å²) in [5.74, 6) is -0.896. The minimum atomic E-state index is -0.781. The van der Waals surface area contributed by atoms with E-state index in [4.69, 9.17) is 14.2 Å². The third kappa shape index (κ3) is 57.5. The molecule has 1 atom stereocenters. The summed E-state index contributed by atoms with van der Waals surface area (Å²) in [5.41, 5.74) is 0. The molecular formula is C66H114O6. The molecule has 0 rings (SSSR count). The molecule has 0 aromatic heterocycles. The Labute approximate surface area is 445 Å². The third-order valence-corrected chi connectivity index (χ3v) is 13.2. The van der Waals surface area contributed by atoms with Crippen molar-refractivity contribution in [1.29, 1.82) is 0 Å². The van der Waals surface area contributed by atoms with E-state index in [1.165, 1.54) is 135 Å². The molecule has 0 bridgehead atoms. The van der Waals surface area contributed by atoms with Crippen LogP contribution in [0.5, 0.6) is 0 Å². The molecule has 72 heavy (non-hydrogen) atoms. The van der Waals surface area contributed by atoms with Crippen LogP contribution in [0.15, 0.2) is 85.1 Å². The van der Waals surface area contributed by atoms with Crippen molar-refractivity contribution in [2.24, 2.45) is 0 Å². The average molecular weight is 1000 g/mol. The normalized spacial score (nSPS) is 12.7. The van der Waals surface area contributed by atoms with Crippen LogP contribution in [0.4, 0.5) is 0 Å². The molecule has 0 aliphatic carbocycles. The average Bonchev–Trinajstić information content (AvgIpc) is 3.38. The first-order valence-electron chi connectivity index (χ1n) is 30.6. The molecule has 0 aliphatic heterocycles. The number of hydrogen-bond acceptors (Lipinski definition) is 6. The lowest BCUT2D eigenvalue weighted by Gasteiger charge is -2.18. The van der Waals surface area contributed by atoms with Gasteiger partial charge >= 0.3 is 17.9 Å². The second-order valence-electron chi connectivity index (χ2n) is 20.2. The van der Waals surface area contributed by atoms with Gasteiger partial charge in [0.05, 0.1) is 0 Å². The summed E-state index contributed by atoms with van der Waals surface area (Å²) in [5, 5.41) is 0. The van der Waals surface area contributed by atoms with Gasteiger partial charge in [-0.2, -0.15) is 0 Å². The molecule has 414 valence electrons. The first-order chi connectivity index (χ1) is 35.5. The molecule has 0 spiro atoms. The Morgan fingerprint density at radius 2 is 0.542 bits per heavy atom. The highest BCUT2D eigenvalue weighted by atomic mass is 16.6. The maximum atomic E-state index is 12.8. The van der Waals surface area contributed by atoms with E-state index < -0.39 is 6.10 Å². The number of hydrogen-bond donors (Lipinski definition) is 0. The van der Waals surface area contributed by atoms with Gasteiger partial charge in [0.15, 0.2) is 6.10 Å². The van der Waals surface area contributed by atoms with Crippen molar-refractivity contribution in [3.8, 4) is 0 Å². The van der Waals surface area contributed by atoms with Crippen LogP contribution in [0.25, 0.3) is 0 Å². The van der Waals surface area contributed by atoms with Gasteiger partial charge in [0.2, 0.25) is 0 Å². The Kier molecular flexibility index (Phi) is 57.3. The van der Waals surface area contributed by atoms with Crippen molar-refractivity contribution in [2.45, 2.75) is 303 Å². The van der Waals surface area contributed by atoms with Gasteiger partial charge in [-0.15, -0.1) is 0 Å². The monoisotopic (exact) mass is 1000 g/mol. The van der Waals surface area contributed by atoms with E-state index >= 15 is 0 Å². The molecule has 0 aliphatic rings. The van der Waals surface area contributed by atoms with E-state index in [2.05, 4.69) is 106 Å². The molecule has 6 nitrogen and oxygen atoms in total. The summed E-state index contributed by atoms with van der Waals surface area (Å²) in [6.07, 6.45) is 78.9. The Balaban J connectivity index is 4.20. The second-order valence-corrected chi connectivity index (χ2v) is 20.2. The minimum absolute atomic E-state index is 0.0799. The highest BCUT2D eigenvalue weighted by Gasteiger charge is 2.19. The second kappa shape index (κ2) is 60.1. The standard InChI is InChI=1S/C66H114O6/c1-4-7-10-13-16-18-20-22-24-26-28-30-31-32-33-34-35-36-38-39-41-43-45-47-50-53-56-59-65(68)71-62-63(61-70-64(67)58-55-52-49-15-12-9-6-3)72-66(69)60-57-54-51-48-46-44-42-40-37-29-27-25-23-21-19-17-14-11-8-5-2/h7,10,16,18,22,24,28,30,32-33,35-36,39,41,63H,4-6,8-9,11-15,17,19-21,23,25-27,29,31,34,37-38,40,42-62H2,1-3H3/b10-7-,18-16-,24-22-,30-28-,33-32-,36-35-,41-39-. The summed E-state index contributed by atoms with van der Waals surface area (Å²) in [6, 6.07) is 0. The molecular weight excluding hydrogens is 889 g/mol. The number of rotatable bonds is 55. The van der Waals surface area contributed by atoms with Crippen LogP contribution in [0.2, 0.25) is 0 Å². The van der Waals surface area contributed by atoms with Crippen LogP contribution in [0, 0.1) is 0 Å². The van der Waals surface area contributed by atoms with E-state index in [1.807, 2.05) is 0 Å². The lowest BCUT2D eigenvalue weighted by atomic mass is 10.0. The Morgan fingerprint density at radius 1 is 0.292 bits per heavy atom. The van der Waals surface area contributed by atoms with Gasteiger partial charge in [-0.05, 0) is 77.0 Å². The van der Waals surface area contributed by atoms with Crippen molar-refractivity contribution in [3.63, 3.8) is 0 Å². The Hall–Kier alpha value is -3.41. The lowest BCUT2D eigenvalue weighted by Crippen LogP contribution is -2.30. The minimum Gasteiger partial charge on any atom is -0.462 e. The summed E-state index contributed by atoms with van der Waals surface area (Å²) >= 11 is 0. The number of carbonyl (C=O) groups excluding carboxylic acids is 3. The van der Waals surface area contributed by atoms with Gasteiger partial charge in [0.1, 0.15) is 13.2 Å². The van der Waals surface area contributed by atoms with Crippen LogP contribution >= 0.6 is 0 Å². The smallest absolute Gasteiger partial charge is 0.306 e. The van der Waals surface area contributed by atoms with E-state index in [9.17, 15) is 14.4 Å². The quantitative estimate of drug-likeness (QED) is 0.0261. The van der Waals surface area contributed by atoms with Gasteiger partial charge < -0.3 is 14.2 Å². The summed E-state index contributed by atoms with van der Waals surface area (Å²) in [7, 11) is 0. The molecule has 0 aromatic carbocycles. The molecule has 1 unspecified atom stereocenters. The first kappa shape index (κ1) is 68.6.